The second kappa shape index (κ2) is 4.23. The van der Waals surface area contributed by atoms with E-state index in [0.717, 1.165) is 10.0 Å². The van der Waals surface area contributed by atoms with Gasteiger partial charge in [-0.2, -0.15) is 0 Å². The van der Waals surface area contributed by atoms with Gasteiger partial charge in [0, 0.05) is 4.47 Å². The number of benzene rings is 1. The molecule has 0 radical (unpaired) electrons. The Morgan fingerprint density at radius 2 is 2.31 bits per heavy atom. The minimum absolute atomic E-state index is 0.328. The quantitative estimate of drug-likeness (QED) is 0.826. The molecule has 0 aliphatic carbocycles. The van der Waals surface area contributed by atoms with Crippen LogP contribution in [0.2, 0.25) is 0 Å². The topological polar surface area (TPSA) is 37.3 Å². The lowest BCUT2D eigenvalue weighted by Gasteiger charge is -2.03. The lowest BCUT2D eigenvalue weighted by Crippen LogP contribution is -2.01. The summed E-state index contributed by atoms with van der Waals surface area (Å²) in [6, 6.07) is 5.21. The summed E-state index contributed by atoms with van der Waals surface area (Å²) in [4.78, 5) is 10.8. The van der Waals surface area contributed by atoms with Crippen molar-refractivity contribution in [3.63, 3.8) is 0 Å². The molecule has 0 fully saturated rings. The van der Waals surface area contributed by atoms with Gasteiger partial charge >= 0.3 is 5.97 Å². The van der Waals surface area contributed by atoms with E-state index in [9.17, 15) is 4.79 Å². The van der Waals surface area contributed by atoms with E-state index in [4.69, 9.17) is 5.11 Å². The first-order chi connectivity index (χ1) is 6.15. The Kier molecular flexibility index (Phi) is 3.25. The van der Waals surface area contributed by atoms with E-state index in [1.807, 2.05) is 6.07 Å². The summed E-state index contributed by atoms with van der Waals surface area (Å²) in [5.41, 5.74) is 1.11. The minimum Gasteiger partial charge on any atom is -0.478 e. The Morgan fingerprint density at radius 3 is 2.85 bits per heavy atom. The third-order valence-corrected chi connectivity index (χ3v) is 2.16. The van der Waals surface area contributed by atoms with Gasteiger partial charge in [-0.3, -0.25) is 0 Å². The molecule has 0 heterocycles. The van der Waals surface area contributed by atoms with Gasteiger partial charge in [0.15, 0.2) is 0 Å². The van der Waals surface area contributed by atoms with Crippen molar-refractivity contribution in [3.8, 4) is 0 Å². The Hall–Kier alpha value is -1.09. The summed E-state index contributed by atoms with van der Waals surface area (Å²) in [7, 11) is 0. The van der Waals surface area contributed by atoms with E-state index in [1.165, 1.54) is 0 Å². The Bertz CT molecular complexity index is 345. The molecule has 0 saturated carbocycles. The van der Waals surface area contributed by atoms with E-state index < -0.39 is 5.97 Å². The Labute approximate surface area is 85.0 Å². The zero-order valence-corrected chi connectivity index (χ0v) is 8.54. The maximum Gasteiger partial charge on any atom is 0.336 e. The molecule has 0 atom stereocenters. The third kappa shape index (κ3) is 2.42. The standard InChI is InChI=1S/C10H9BrO2/c1-2-3-7-4-5-8(11)6-9(7)10(12)13/h2,4-6H,1,3H2,(H,12,13). The summed E-state index contributed by atoms with van der Waals surface area (Å²) in [6.45, 7) is 3.57. The molecular formula is C10H9BrO2. The number of halogens is 1. The van der Waals surface area contributed by atoms with Gasteiger partial charge in [-0.05, 0) is 24.1 Å². The van der Waals surface area contributed by atoms with Gasteiger partial charge in [-0.15, -0.1) is 6.58 Å². The van der Waals surface area contributed by atoms with Crippen LogP contribution in [-0.2, 0) is 6.42 Å². The number of rotatable bonds is 3. The van der Waals surface area contributed by atoms with E-state index in [0.29, 0.717) is 12.0 Å². The number of hydrogen-bond acceptors (Lipinski definition) is 1. The first-order valence-corrected chi connectivity index (χ1v) is 4.57. The van der Waals surface area contributed by atoms with Gasteiger partial charge < -0.3 is 5.11 Å². The monoisotopic (exact) mass is 240 g/mol. The number of hydrogen-bond donors (Lipinski definition) is 1. The summed E-state index contributed by atoms with van der Waals surface area (Å²) in [5, 5.41) is 8.86. The van der Waals surface area contributed by atoms with E-state index in [2.05, 4.69) is 22.5 Å². The van der Waals surface area contributed by atoms with Gasteiger partial charge in [0.1, 0.15) is 0 Å². The van der Waals surface area contributed by atoms with Crippen molar-refractivity contribution in [2.24, 2.45) is 0 Å². The molecular weight excluding hydrogens is 232 g/mol. The fraction of sp³-hybridized carbons (Fsp3) is 0.100. The lowest BCUT2D eigenvalue weighted by atomic mass is 10.1. The summed E-state index contributed by atoms with van der Waals surface area (Å²) in [6.07, 6.45) is 2.27. The van der Waals surface area contributed by atoms with Gasteiger partial charge in [0.2, 0.25) is 0 Å². The molecule has 0 spiro atoms. The average molecular weight is 241 g/mol. The maximum atomic E-state index is 10.8. The van der Waals surface area contributed by atoms with Crippen LogP contribution >= 0.6 is 15.9 Å². The summed E-state index contributed by atoms with van der Waals surface area (Å²) < 4.78 is 0.776. The van der Waals surface area contributed by atoms with Crippen molar-refractivity contribution in [1.82, 2.24) is 0 Å². The van der Waals surface area contributed by atoms with Crippen LogP contribution < -0.4 is 0 Å². The molecule has 0 aromatic heterocycles. The molecule has 1 aromatic rings. The molecule has 1 aromatic carbocycles. The largest absolute Gasteiger partial charge is 0.478 e. The van der Waals surface area contributed by atoms with Gasteiger partial charge in [-0.25, -0.2) is 4.79 Å². The van der Waals surface area contributed by atoms with Gasteiger partial charge in [0.05, 0.1) is 5.56 Å². The minimum atomic E-state index is -0.904. The van der Waals surface area contributed by atoms with Crippen LogP contribution in [0.5, 0.6) is 0 Å². The molecule has 2 nitrogen and oxygen atoms in total. The fourth-order valence-corrected chi connectivity index (χ4v) is 1.44. The van der Waals surface area contributed by atoms with Gasteiger partial charge in [-0.1, -0.05) is 28.1 Å². The Morgan fingerprint density at radius 1 is 1.62 bits per heavy atom. The van der Waals surface area contributed by atoms with Crippen LogP contribution in [0.15, 0.2) is 35.3 Å². The first-order valence-electron chi connectivity index (χ1n) is 3.77. The molecule has 1 N–H and O–H groups in total. The lowest BCUT2D eigenvalue weighted by molar-refractivity contribution is 0.0696. The number of carboxylic acids is 1. The smallest absolute Gasteiger partial charge is 0.336 e. The van der Waals surface area contributed by atoms with Crippen LogP contribution in [0.1, 0.15) is 15.9 Å². The highest BCUT2D eigenvalue weighted by atomic mass is 79.9. The van der Waals surface area contributed by atoms with E-state index in [1.54, 1.807) is 18.2 Å². The maximum absolute atomic E-state index is 10.8. The highest BCUT2D eigenvalue weighted by molar-refractivity contribution is 9.10. The molecule has 0 amide bonds. The van der Waals surface area contributed by atoms with E-state index >= 15 is 0 Å². The van der Waals surface area contributed by atoms with Crippen molar-refractivity contribution in [3.05, 3.63) is 46.5 Å². The molecule has 0 aliphatic rings. The second-order valence-corrected chi connectivity index (χ2v) is 3.52. The number of carboxylic acid groups (broad SMARTS) is 1. The van der Waals surface area contributed by atoms with Crippen molar-refractivity contribution in [1.29, 1.82) is 0 Å². The molecule has 3 heteroatoms. The molecule has 0 saturated heterocycles. The molecule has 0 aliphatic heterocycles. The van der Waals surface area contributed by atoms with Gasteiger partial charge in [0.25, 0.3) is 0 Å². The van der Waals surface area contributed by atoms with Crippen LogP contribution in [0.25, 0.3) is 0 Å². The molecule has 68 valence electrons. The summed E-state index contributed by atoms with van der Waals surface area (Å²) in [5.74, 6) is -0.904. The fourth-order valence-electron chi connectivity index (χ4n) is 1.08. The summed E-state index contributed by atoms with van der Waals surface area (Å²) >= 11 is 3.23. The van der Waals surface area contributed by atoms with Crippen LogP contribution in [0.4, 0.5) is 0 Å². The first kappa shape index (κ1) is 9.99. The second-order valence-electron chi connectivity index (χ2n) is 2.60. The zero-order valence-electron chi connectivity index (χ0n) is 6.96. The molecule has 0 unspecified atom stereocenters. The van der Waals surface area contributed by atoms with E-state index in [-0.39, 0.29) is 0 Å². The van der Waals surface area contributed by atoms with Crippen LogP contribution in [0.3, 0.4) is 0 Å². The normalized spacial score (nSPS) is 9.62. The zero-order chi connectivity index (χ0) is 9.84. The van der Waals surface area contributed by atoms with Crippen LogP contribution in [0, 0.1) is 0 Å². The Balaban J connectivity index is 3.17. The van der Waals surface area contributed by atoms with Crippen molar-refractivity contribution in [2.75, 3.05) is 0 Å². The van der Waals surface area contributed by atoms with Crippen LogP contribution in [-0.4, -0.2) is 11.1 Å². The molecule has 0 bridgehead atoms. The third-order valence-electron chi connectivity index (χ3n) is 1.67. The highest BCUT2D eigenvalue weighted by Crippen LogP contribution is 2.17. The van der Waals surface area contributed by atoms with Crippen molar-refractivity contribution >= 4 is 21.9 Å². The number of aromatic carboxylic acids is 1. The number of allylic oxidation sites excluding steroid dienone is 1. The molecule has 1 rings (SSSR count). The average Bonchev–Trinajstić information content (AvgIpc) is 2.08. The van der Waals surface area contributed by atoms with Crippen molar-refractivity contribution < 1.29 is 9.90 Å². The predicted octanol–water partition coefficient (Wildman–Crippen LogP) is 2.88. The molecule has 13 heavy (non-hydrogen) atoms. The van der Waals surface area contributed by atoms with Crippen molar-refractivity contribution in [2.45, 2.75) is 6.42 Å². The highest BCUT2D eigenvalue weighted by Gasteiger charge is 2.08. The predicted molar refractivity (Wildman–Crippen MR) is 55.0 cm³/mol. The SMILES string of the molecule is C=CCc1ccc(Br)cc1C(=O)O. The number of carbonyl (C=O) groups is 1.